The van der Waals surface area contributed by atoms with Crippen LogP contribution >= 0.6 is 0 Å². The van der Waals surface area contributed by atoms with Gasteiger partial charge in [0.1, 0.15) is 11.8 Å². The number of aliphatic hydroxyl groups is 1. The minimum absolute atomic E-state index is 0.330. The summed E-state index contributed by atoms with van der Waals surface area (Å²) >= 11 is 0. The highest BCUT2D eigenvalue weighted by atomic mass is 16.3. The summed E-state index contributed by atoms with van der Waals surface area (Å²) in [5.41, 5.74) is 0.312. The molecule has 0 radical (unpaired) electrons. The molecule has 0 saturated carbocycles. The second-order valence-corrected chi connectivity index (χ2v) is 4.11. The molecule has 0 saturated heterocycles. The Hall–Kier alpha value is -1.67. The average Bonchev–Trinajstić information content (AvgIpc) is 2.35. The Balaban J connectivity index is 2.76. The summed E-state index contributed by atoms with van der Waals surface area (Å²) in [5.74, 6) is 0.391. The van der Waals surface area contributed by atoms with Gasteiger partial charge in [0.15, 0.2) is 0 Å². The highest BCUT2D eigenvalue weighted by Gasteiger charge is 2.22. The fourth-order valence-electron chi connectivity index (χ4n) is 1.45. The standard InChI is InChI=1S/C12H18N4O/c1-4-12(17,5-2)8-14-11-15-9(3)6-10(7-13)16-11/h6,17H,4-5,8H2,1-3H3,(H,14,15,16). The van der Waals surface area contributed by atoms with E-state index in [0.717, 1.165) is 5.69 Å². The molecule has 1 heterocycles. The zero-order chi connectivity index (χ0) is 12.9. The molecule has 0 bridgehead atoms. The van der Waals surface area contributed by atoms with Crippen LogP contribution in [0, 0.1) is 18.3 Å². The predicted octanol–water partition coefficient (Wildman–Crippen LogP) is 1.62. The summed E-state index contributed by atoms with van der Waals surface area (Å²) in [6.07, 6.45) is 1.32. The molecule has 5 heteroatoms. The van der Waals surface area contributed by atoms with Gasteiger partial charge in [-0.2, -0.15) is 5.26 Å². The molecule has 0 aliphatic rings. The lowest BCUT2D eigenvalue weighted by Gasteiger charge is -2.25. The summed E-state index contributed by atoms with van der Waals surface area (Å²) in [6.45, 7) is 6.06. The van der Waals surface area contributed by atoms with Gasteiger partial charge in [0.05, 0.1) is 5.60 Å². The summed E-state index contributed by atoms with van der Waals surface area (Å²) in [5, 5.41) is 21.9. The van der Waals surface area contributed by atoms with Crippen molar-refractivity contribution in [2.45, 2.75) is 39.2 Å². The number of hydrogen-bond acceptors (Lipinski definition) is 5. The van der Waals surface area contributed by atoms with E-state index < -0.39 is 5.60 Å². The van der Waals surface area contributed by atoms with E-state index in [1.807, 2.05) is 19.9 Å². The quantitative estimate of drug-likeness (QED) is 0.809. The van der Waals surface area contributed by atoms with Crippen LogP contribution in [-0.4, -0.2) is 27.2 Å². The normalized spacial score (nSPS) is 11.0. The van der Waals surface area contributed by atoms with E-state index in [-0.39, 0.29) is 0 Å². The van der Waals surface area contributed by atoms with Crippen LogP contribution in [0.4, 0.5) is 5.95 Å². The molecular weight excluding hydrogens is 216 g/mol. The Morgan fingerprint density at radius 2 is 2.06 bits per heavy atom. The molecule has 0 aliphatic carbocycles. The van der Waals surface area contributed by atoms with Gasteiger partial charge >= 0.3 is 0 Å². The van der Waals surface area contributed by atoms with Gasteiger partial charge in [-0.15, -0.1) is 0 Å². The third kappa shape index (κ3) is 3.68. The monoisotopic (exact) mass is 234 g/mol. The van der Waals surface area contributed by atoms with Gasteiger partial charge in [0.2, 0.25) is 5.95 Å². The van der Waals surface area contributed by atoms with Crippen LogP contribution in [0.25, 0.3) is 0 Å². The van der Waals surface area contributed by atoms with Crippen molar-refractivity contribution < 1.29 is 5.11 Å². The van der Waals surface area contributed by atoms with Gasteiger partial charge in [0.25, 0.3) is 0 Å². The topological polar surface area (TPSA) is 81.8 Å². The van der Waals surface area contributed by atoms with E-state index in [0.29, 0.717) is 31.0 Å². The molecule has 0 atom stereocenters. The number of nitriles is 1. The lowest BCUT2D eigenvalue weighted by molar-refractivity contribution is 0.0455. The van der Waals surface area contributed by atoms with Crippen LogP contribution in [0.3, 0.4) is 0 Å². The zero-order valence-corrected chi connectivity index (χ0v) is 10.5. The Morgan fingerprint density at radius 1 is 1.41 bits per heavy atom. The first-order valence-corrected chi connectivity index (χ1v) is 5.75. The maximum Gasteiger partial charge on any atom is 0.224 e. The third-order valence-electron chi connectivity index (χ3n) is 2.86. The lowest BCUT2D eigenvalue weighted by Crippen LogP contribution is -2.35. The van der Waals surface area contributed by atoms with E-state index in [1.54, 1.807) is 13.0 Å². The van der Waals surface area contributed by atoms with Crippen molar-refractivity contribution in [3.05, 3.63) is 17.5 Å². The number of rotatable bonds is 5. The van der Waals surface area contributed by atoms with Crippen LogP contribution in [-0.2, 0) is 0 Å². The van der Waals surface area contributed by atoms with Crippen molar-refractivity contribution in [2.75, 3.05) is 11.9 Å². The van der Waals surface area contributed by atoms with Crippen LogP contribution < -0.4 is 5.32 Å². The average molecular weight is 234 g/mol. The number of aryl methyl sites for hydroxylation is 1. The molecule has 1 rings (SSSR count). The molecule has 0 spiro atoms. The summed E-state index contributed by atoms with van der Waals surface area (Å²) in [4.78, 5) is 8.20. The van der Waals surface area contributed by atoms with Crippen LogP contribution in [0.5, 0.6) is 0 Å². The number of hydrogen-bond donors (Lipinski definition) is 2. The lowest BCUT2D eigenvalue weighted by atomic mass is 9.98. The van der Waals surface area contributed by atoms with Crippen molar-refractivity contribution in [3.8, 4) is 6.07 Å². The Kier molecular flexibility index (Phi) is 4.41. The van der Waals surface area contributed by atoms with Gasteiger partial charge in [-0.1, -0.05) is 13.8 Å². The fourth-order valence-corrected chi connectivity index (χ4v) is 1.45. The Bertz CT molecular complexity index is 421. The van der Waals surface area contributed by atoms with Crippen LogP contribution in [0.1, 0.15) is 38.1 Å². The van der Waals surface area contributed by atoms with Gasteiger partial charge in [0, 0.05) is 12.2 Å². The predicted molar refractivity (Wildman–Crippen MR) is 65.5 cm³/mol. The largest absolute Gasteiger partial charge is 0.388 e. The van der Waals surface area contributed by atoms with Crippen LogP contribution in [0.15, 0.2) is 6.07 Å². The summed E-state index contributed by atoms with van der Waals surface area (Å²) in [6, 6.07) is 3.60. The Labute approximate surface area is 102 Å². The molecule has 0 aliphatic heterocycles. The zero-order valence-electron chi connectivity index (χ0n) is 10.5. The molecule has 2 N–H and O–H groups in total. The molecule has 0 unspecified atom stereocenters. The highest BCUT2D eigenvalue weighted by Crippen LogP contribution is 2.15. The SMILES string of the molecule is CCC(O)(CC)CNc1nc(C)cc(C#N)n1. The van der Waals surface area contributed by atoms with E-state index in [9.17, 15) is 5.11 Å². The van der Waals surface area contributed by atoms with Crippen molar-refractivity contribution in [3.63, 3.8) is 0 Å². The molecule has 92 valence electrons. The fraction of sp³-hybridized carbons (Fsp3) is 0.583. The minimum Gasteiger partial charge on any atom is -0.388 e. The summed E-state index contributed by atoms with van der Waals surface area (Å²) in [7, 11) is 0. The van der Waals surface area contributed by atoms with Gasteiger partial charge in [-0.25, -0.2) is 9.97 Å². The van der Waals surface area contributed by atoms with E-state index in [1.165, 1.54) is 0 Å². The number of nitrogens with zero attached hydrogens (tertiary/aromatic N) is 3. The Morgan fingerprint density at radius 3 is 2.59 bits per heavy atom. The molecule has 0 amide bonds. The first kappa shape index (κ1) is 13.4. The first-order valence-electron chi connectivity index (χ1n) is 5.75. The van der Waals surface area contributed by atoms with Gasteiger partial charge < -0.3 is 10.4 Å². The first-order chi connectivity index (χ1) is 8.03. The van der Waals surface area contributed by atoms with E-state index in [4.69, 9.17) is 5.26 Å². The van der Waals surface area contributed by atoms with Crippen molar-refractivity contribution in [1.29, 1.82) is 5.26 Å². The minimum atomic E-state index is -0.750. The molecular formula is C12H18N4O. The maximum atomic E-state index is 10.1. The highest BCUT2D eigenvalue weighted by molar-refractivity contribution is 5.33. The van der Waals surface area contributed by atoms with E-state index in [2.05, 4.69) is 15.3 Å². The van der Waals surface area contributed by atoms with Crippen LogP contribution in [0.2, 0.25) is 0 Å². The summed E-state index contributed by atoms with van der Waals surface area (Å²) < 4.78 is 0. The molecule has 0 aromatic carbocycles. The molecule has 1 aromatic rings. The molecule has 5 nitrogen and oxygen atoms in total. The van der Waals surface area contributed by atoms with Crippen molar-refractivity contribution in [2.24, 2.45) is 0 Å². The third-order valence-corrected chi connectivity index (χ3v) is 2.86. The number of aromatic nitrogens is 2. The van der Waals surface area contributed by atoms with Crippen molar-refractivity contribution in [1.82, 2.24) is 9.97 Å². The number of anilines is 1. The second kappa shape index (κ2) is 5.60. The molecule has 0 fully saturated rings. The van der Waals surface area contributed by atoms with E-state index >= 15 is 0 Å². The smallest absolute Gasteiger partial charge is 0.224 e. The van der Waals surface area contributed by atoms with Gasteiger partial charge in [-0.05, 0) is 25.8 Å². The van der Waals surface area contributed by atoms with Crippen molar-refractivity contribution >= 4 is 5.95 Å². The second-order valence-electron chi connectivity index (χ2n) is 4.11. The maximum absolute atomic E-state index is 10.1. The number of nitrogens with one attached hydrogen (secondary N) is 1. The van der Waals surface area contributed by atoms with Gasteiger partial charge in [-0.3, -0.25) is 0 Å². The molecule has 1 aromatic heterocycles. The molecule has 17 heavy (non-hydrogen) atoms.